The van der Waals surface area contributed by atoms with Gasteiger partial charge in [0.25, 0.3) is 5.91 Å². The third-order valence-corrected chi connectivity index (χ3v) is 5.22. The fourth-order valence-electron chi connectivity index (χ4n) is 3.57. The SMILES string of the molecule is CCNC(=O)c1cc2c(N)nc(-c3cccc(C#N)c3)c(C3(C(F)(F)F)CC3)n2n1. The Hall–Kier alpha value is -3.61. The van der Waals surface area contributed by atoms with Crippen LogP contribution in [-0.4, -0.2) is 33.2 Å². The van der Waals surface area contributed by atoms with Crippen molar-refractivity contribution in [3.63, 3.8) is 0 Å². The maximum atomic E-state index is 14.1. The average Bonchev–Trinajstić information content (AvgIpc) is 3.40. The smallest absolute Gasteiger partial charge is 0.382 e. The number of hydrogen-bond acceptors (Lipinski definition) is 5. The summed E-state index contributed by atoms with van der Waals surface area (Å²) >= 11 is 0. The number of amides is 1. The zero-order valence-electron chi connectivity index (χ0n) is 15.9. The van der Waals surface area contributed by atoms with Gasteiger partial charge in [-0.1, -0.05) is 12.1 Å². The number of rotatable bonds is 4. The summed E-state index contributed by atoms with van der Waals surface area (Å²) in [7, 11) is 0. The summed E-state index contributed by atoms with van der Waals surface area (Å²) in [6, 6.07) is 9.44. The molecule has 0 bridgehead atoms. The molecule has 1 amide bonds. The van der Waals surface area contributed by atoms with Gasteiger partial charge in [-0.25, -0.2) is 9.50 Å². The van der Waals surface area contributed by atoms with E-state index in [-0.39, 0.29) is 46.8 Å². The van der Waals surface area contributed by atoms with Gasteiger partial charge in [0.1, 0.15) is 16.7 Å². The van der Waals surface area contributed by atoms with E-state index >= 15 is 0 Å². The Kier molecular flexibility index (Phi) is 4.42. The molecule has 154 valence electrons. The molecule has 10 heteroatoms. The minimum absolute atomic E-state index is 0.00234. The van der Waals surface area contributed by atoms with Crippen molar-refractivity contribution in [3.8, 4) is 17.3 Å². The lowest BCUT2D eigenvalue weighted by Crippen LogP contribution is -2.32. The molecule has 0 saturated heterocycles. The molecule has 2 aromatic heterocycles. The summed E-state index contributed by atoms with van der Waals surface area (Å²) in [4.78, 5) is 16.5. The number of nitrogens with two attached hydrogens (primary N) is 1. The number of alkyl halides is 3. The van der Waals surface area contributed by atoms with Crippen LogP contribution in [0.1, 0.15) is 41.5 Å². The van der Waals surface area contributed by atoms with Crippen molar-refractivity contribution in [2.24, 2.45) is 0 Å². The molecule has 2 heterocycles. The molecule has 0 radical (unpaired) electrons. The van der Waals surface area contributed by atoms with Crippen molar-refractivity contribution in [1.29, 1.82) is 5.26 Å². The number of nitrogens with zero attached hydrogens (tertiary/aromatic N) is 4. The highest BCUT2D eigenvalue weighted by molar-refractivity contribution is 5.94. The molecule has 1 fully saturated rings. The minimum Gasteiger partial charge on any atom is -0.382 e. The van der Waals surface area contributed by atoms with Crippen molar-refractivity contribution < 1.29 is 18.0 Å². The topological polar surface area (TPSA) is 109 Å². The molecule has 3 N–H and O–H groups in total. The summed E-state index contributed by atoms with van der Waals surface area (Å²) < 4.78 is 43.4. The highest BCUT2D eigenvalue weighted by atomic mass is 19.4. The van der Waals surface area contributed by atoms with Crippen LogP contribution >= 0.6 is 0 Å². The molecule has 1 aromatic carbocycles. The van der Waals surface area contributed by atoms with E-state index in [1.807, 2.05) is 6.07 Å². The van der Waals surface area contributed by atoms with Gasteiger partial charge in [-0.15, -0.1) is 0 Å². The number of carbonyl (C=O) groups excluding carboxylic acids is 1. The van der Waals surface area contributed by atoms with Gasteiger partial charge in [0, 0.05) is 18.2 Å². The Bertz CT molecular complexity index is 1200. The summed E-state index contributed by atoms with van der Waals surface area (Å²) in [5, 5.41) is 15.9. The first-order chi connectivity index (χ1) is 14.2. The second-order valence-corrected chi connectivity index (χ2v) is 7.15. The molecular formula is C20H17F3N6O. The number of nitrogens with one attached hydrogen (secondary N) is 1. The van der Waals surface area contributed by atoms with Crippen LogP contribution in [0.5, 0.6) is 0 Å². The van der Waals surface area contributed by atoms with Gasteiger partial charge in [0.05, 0.1) is 23.0 Å². The molecule has 0 unspecified atom stereocenters. The van der Waals surface area contributed by atoms with Gasteiger partial charge in [-0.2, -0.15) is 23.5 Å². The van der Waals surface area contributed by atoms with Gasteiger partial charge in [0.15, 0.2) is 5.69 Å². The molecule has 7 nitrogen and oxygen atoms in total. The van der Waals surface area contributed by atoms with Gasteiger partial charge in [-0.05, 0) is 31.9 Å². The number of fused-ring (bicyclic) bond motifs is 1. The second-order valence-electron chi connectivity index (χ2n) is 7.15. The summed E-state index contributed by atoms with van der Waals surface area (Å²) in [6.07, 6.45) is -4.80. The van der Waals surface area contributed by atoms with Crippen LogP contribution in [0.2, 0.25) is 0 Å². The number of nitrogen functional groups attached to an aromatic ring is 1. The zero-order chi connectivity index (χ0) is 21.7. The van der Waals surface area contributed by atoms with Crippen molar-refractivity contribution in [1.82, 2.24) is 19.9 Å². The fourth-order valence-corrected chi connectivity index (χ4v) is 3.57. The van der Waals surface area contributed by atoms with Crippen LogP contribution in [-0.2, 0) is 5.41 Å². The highest BCUT2D eigenvalue weighted by Crippen LogP contribution is 2.60. The molecule has 1 aliphatic rings. The van der Waals surface area contributed by atoms with Crippen LogP contribution in [0.3, 0.4) is 0 Å². The first-order valence-electron chi connectivity index (χ1n) is 9.27. The number of hydrogen-bond donors (Lipinski definition) is 2. The number of halogens is 3. The van der Waals surface area contributed by atoms with Crippen LogP contribution in [0, 0.1) is 11.3 Å². The third kappa shape index (κ3) is 2.94. The molecule has 1 saturated carbocycles. The zero-order valence-corrected chi connectivity index (χ0v) is 15.9. The quantitative estimate of drug-likeness (QED) is 0.682. The van der Waals surface area contributed by atoms with E-state index in [9.17, 15) is 23.2 Å². The summed E-state index contributed by atoms with van der Waals surface area (Å²) in [6.45, 7) is 2.06. The van der Waals surface area contributed by atoms with Gasteiger partial charge < -0.3 is 11.1 Å². The van der Waals surface area contributed by atoms with Crippen molar-refractivity contribution in [2.45, 2.75) is 31.4 Å². The van der Waals surface area contributed by atoms with Crippen LogP contribution in [0.25, 0.3) is 16.8 Å². The van der Waals surface area contributed by atoms with Crippen molar-refractivity contribution in [3.05, 3.63) is 47.3 Å². The van der Waals surface area contributed by atoms with Gasteiger partial charge >= 0.3 is 6.18 Å². The molecule has 0 aliphatic heterocycles. The molecular weight excluding hydrogens is 397 g/mol. The maximum absolute atomic E-state index is 14.1. The molecule has 30 heavy (non-hydrogen) atoms. The van der Waals surface area contributed by atoms with Crippen LogP contribution < -0.4 is 11.1 Å². The number of nitriles is 1. The molecule has 0 atom stereocenters. The monoisotopic (exact) mass is 414 g/mol. The largest absolute Gasteiger partial charge is 0.400 e. The third-order valence-electron chi connectivity index (χ3n) is 5.22. The Morgan fingerprint density at radius 2 is 2.10 bits per heavy atom. The lowest BCUT2D eigenvalue weighted by molar-refractivity contribution is -0.161. The van der Waals surface area contributed by atoms with E-state index in [0.29, 0.717) is 12.1 Å². The van der Waals surface area contributed by atoms with E-state index < -0.39 is 17.5 Å². The fraction of sp³-hybridized carbons (Fsp3) is 0.300. The molecule has 3 aromatic rings. The highest BCUT2D eigenvalue weighted by Gasteiger charge is 2.66. The summed E-state index contributed by atoms with van der Waals surface area (Å²) in [5.74, 6) is -0.575. The number of benzene rings is 1. The van der Waals surface area contributed by atoms with Crippen molar-refractivity contribution in [2.75, 3.05) is 12.3 Å². The van der Waals surface area contributed by atoms with Crippen molar-refractivity contribution >= 4 is 17.2 Å². The Morgan fingerprint density at radius 3 is 2.70 bits per heavy atom. The lowest BCUT2D eigenvalue weighted by atomic mass is 9.95. The number of carbonyl (C=O) groups is 1. The molecule has 1 aliphatic carbocycles. The standard InChI is InChI=1S/C20H17F3N6O/c1-2-26-18(30)13-9-14-17(25)27-15(12-5-3-4-11(8-12)10-24)16(29(14)28-13)19(6-7-19)20(21,22)23/h3-5,8-9H,2,6-7H2,1H3,(H2,25,27)(H,26,30). The van der Waals surface area contributed by atoms with E-state index in [0.717, 1.165) is 4.52 Å². The predicted octanol–water partition coefficient (Wildman–Crippen LogP) is 3.19. The Morgan fingerprint density at radius 1 is 1.37 bits per heavy atom. The van der Waals surface area contributed by atoms with Crippen LogP contribution in [0.15, 0.2) is 30.3 Å². The first kappa shape index (κ1) is 19.7. The second kappa shape index (κ2) is 6.73. The maximum Gasteiger partial charge on any atom is 0.400 e. The van der Waals surface area contributed by atoms with Crippen LogP contribution in [0.4, 0.5) is 19.0 Å². The van der Waals surface area contributed by atoms with E-state index in [2.05, 4.69) is 15.4 Å². The Labute approximate surface area is 169 Å². The normalized spacial score (nSPS) is 15.0. The van der Waals surface area contributed by atoms with Gasteiger partial charge in [0.2, 0.25) is 0 Å². The average molecular weight is 414 g/mol. The molecule has 4 rings (SSSR count). The van der Waals surface area contributed by atoms with E-state index in [1.54, 1.807) is 25.1 Å². The predicted molar refractivity (Wildman–Crippen MR) is 103 cm³/mol. The van der Waals surface area contributed by atoms with E-state index in [4.69, 9.17) is 5.73 Å². The van der Waals surface area contributed by atoms with E-state index in [1.165, 1.54) is 12.1 Å². The minimum atomic E-state index is -4.54. The van der Waals surface area contributed by atoms with Gasteiger partial charge in [-0.3, -0.25) is 4.79 Å². The Balaban J connectivity index is 2.06. The molecule has 0 spiro atoms. The lowest BCUT2D eigenvalue weighted by Gasteiger charge is -2.23. The number of aromatic nitrogens is 3. The summed E-state index contributed by atoms with van der Waals surface area (Å²) in [5.41, 5.74) is 4.40. The first-order valence-corrected chi connectivity index (χ1v) is 9.27. The number of anilines is 1.